The average molecular weight is 359 g/mol. The Labute approximate surface area is 157 Å². The van der Waals surface area contributed by atoms with Gasteiger partial charge in [-0.05, 0) is 68.2 Å². The van der Waals surface area contributed by atoms with E-state index in [4.69, 9.17) is 0 Å². The van der Waals surface area contributed by atoms with Crippen molar-refractivity contribution >= 4 is 11.7 Å². The molecule has 2 aliphatic heterocycles. The van der Waals surface area contributed by atoms with Crippen molar-refractivity contribution in [2.45, 2.75) is 52.5 Å². The third-order valence-corrected chi connectivity index (χ3v) is 6.10. The van der Waals surface area contributed by atoms with Crippen molar-refractivity contribution in [2.24, 2.45) is 17.8 Å². The number of pyridine rings is 1. The molecule has 1 aromatic heterocycles. The molecule has 2 fully saturated rings. The highest BCUT2D eigenvalue weighted by Gasteiger charge is 2.22. The highest BCUT2D eigenvalue weighted by Crippen LogP contribution is 2.24. The molecule has 1 amide bonds. The zero-order valence-corrected chi connectivity index (χ0v) is 16.3. The lowest BCUT2D eigenvalue weighted by Crippen LogP contribution is -2.33. The second kappa shape index (κ2) is 9.36. The first-order chi connectivity index (χ1) is 12.6. The Kier molecular flexibility index (Phi) is 6.89. The van der Waals surface area contributed by atoms with Crippen molar-refractivity contribution in [3.05, 3.63) is 23.9 Å². The summed E-state index contributed by atoms with van der Waals surface area (Å²) in [5.41, 5.74) is 1.07. The predicted molar refractivity (Wildman–Crippen MR) is 106 cm³/mol. The fraction of sp³-hybridized carbons (Fsp3) is 0.714. The number of piperidine rings is 2. The zero-order chi connectivity index (χ0) is 18.4. The Morgan fingerprint density at radius 1 is 1.27 bits per heavy atom. The summed E-state index contributed by atoms with van der Waals surface area (Å²) in [5, 5.41) is 6.45. The topological polar surface area (TPSA) is 57.3 Å². The molecule has 0 radical (unpaired) electrons. The minimum absolute atomic E-state index is 0.158. The van der Waals surface area contributed by atoms with Crippen LogP contribution in [-0.2, 0) is 11.3 Å². The number of amides is 1. The molecule has 0 saturated carbocycles. The largest absolute Gasteiger partial charge is 0.357 e. The van der Waals surface area contributed by atoms with Crippen LogP contribution in [-0.4, -0.2) is 37.1 Å². The van der Waals surface area contributed by atoms with Crippen molar-refractivity contribution in [2.75, 3.05) is 31.1 Å². The van der Waals surface area contributed by atoms with Crippen LogP contribution in [0.1, 0.15) is 51.5 Å². The molecule has 3 heterocycles. The molecule has 0 spiro atoms. The van der Waals surface area contributed by atoms with E-state index in [1.165, 1.54) is 25.7 Å². The van der Waals surface area contributed by atoms with Gasteiger partial charge in [0.2, 0.25) is 5.91 Å². The van der Waals surface area contributed by atoms with Gasteiger partial charge in [-0.3, -0.25) is 4.79 Å². The maximum Gasteiger partial charge on any atom is 0.220 e. The smallest absolute Gasteiger partial charge is 0.220 e. The first kappa shape index (κ1) is 19.2. The van der Waals surface area contributed by atoms with Crippen LogP contribution in [0.25, 0.3) is 0 Å². The van der Waals surface area contributed by atoms with E-state index < -0.39 is 0 Å². The van der Waals surface area contributed by atoms with E-state index >= 15 is 0 Å². The Hall–Kier alpha value is -1.62. The molecular weight excluding hydrogens is 324 g/mol. The van der Waals surface area contributed by atoms with E-state index in [1.807, 2.05) is 6.20 Å². The summed E-state index contributed by atoms with van der Waals surface area (Å²) in [7, 11) is 0. The highest BCUT2D eigenvalue weighted by atomic mass is 16.1. The quantitative estimate of drug-likeness (QED) is 0.821. The van der Waals surface area contributed by atoms with Gasteiger partial charge in [-0.1, -0.05) is 19.9 Å². The van der Waals surface area contributed by atoms with Crippen LogP contribution in [0, 0.1) is 17.8 Å². The van der Waals surface area contributed by atoms with E-state index in [2.05, 4.69) is 46.5 Å². The minimum Gasteiger partial charge on any atom is -0.357 e. The molecule has 1 atom stereocenters. The SMILES string of the molecule is CC1CCN(c2ccc(CNC(=O)CC(C)C3CCNCC3)cn2)CC1. The first-order valence-corrected chi connectivity index (χ1v) is 10.3. The summed E-state index contributed by atoms with van der Waals surface area (Å²) < 4.78 is 0. The van der Waals surface area contributed by atoms with E-state index in [-0.39, 0.29) is 5.91 Å². The number of hydrogen-bond donors (Lipinski definition) is 2. The van der Waals surface area contributed by atoms with E-state index in [1.54, 1.807) is 0 Å². The second-order valence-electron chi connectivity index (χ2n) is 8.24. The number of carbonyl (C=O) groups excluding carboxylic acids is 1. The molecule has 1 unspecified atom stereocenters. The van der Waals surface area contributed by atoms with Gasteiger partial charge in [0.05, 0.1) is 0 Å². The Bertz CT molecular complexity index is 560. The van der Waals surface area contributed by atoms with Gasteiger partial charge in [-0.15, -0.1) is 0 Å². The monoisotopic (exact) mass is 358 g/mol. The Morgan fingerprint density at radius 3 is 2.65 bits per heavy atom. The number of aromatic nitrogens is 1. The van der Waals surface area contributed by atoms with Gasteiger partial charge in [-0.25, -0.2) is 4.98 Å². The molecule has 5 nitrogen and oxygen atoms in total. The molecular formula is C21H34N4O. The van der Waals surface area contributed by atoms with Crippen LogP contribution in [0.4, 0.5) is 5.82 Å². The van der Waals surface area contributed by atoms with Crippen molar-refractivity contribution in [3.63, 3.8) is 0 Å². The number of nitrogens with zero attached hydrogens (tertiary/aromatic N) is 2. The molecule has 5 heteroatoms. The van der Waals surface area contributed by atoms with Gasteiger partial charge < -0.3 is 15.5 Å². The van der Waals surface area contributed by atoms with Crippen LogP contribution < -0.4 is 15.5 Å². The predicted octanol–water partition coefficient (Wildman–Crippen LogP) is 2.96. The van der Waals surface area contributed by atoms with Crippen molar-refractivity contribution < 1.29 is 4.79 Å². The van der Waals surface area contributed by atoms with E-state index in [0.717, 1.165) is 43.5 Å². The fourth-order valence-corrected chi connectivity index (χ4v) is 4.09. The number of nitrogens with one attached hydrogen (secondary N) is 2. The van der Waals surface area contributed by atoms with Gasteiger partial charge in [0.15, 0.2) is 0 Å². The van der Waals surface area contributed by atoms with Gasteiger partial charge in [0, 0.05) is 32.3 Å². The molecule has 144 valence electrons. The summed E-state index contributed by atoms with van der Waals surface area (Å²) in [5.74, 6) is 3.18. The molecule has 2 aliphatic rings. The van der Waals surface area contributed by atoms with Crippen LogP contribution in [0.5, 0.6) is 0 Å². The molecule has 2 saturated heterocycles. The van der Waals surface area contributed by atoms with Crippen molar-refractivity contribution in [3.8, 4) is 0 Å². The third-order valence-electron chi connectivity index (χ3n) is 6.10. The van der Waals surface area contributed by atoms with Gasteiger partial charge in [0.1, 0.15) is 5.82 Å². The fourth-order valence-electron chi connectivity index (χ4n) is 4.09. The molecule has 1 aromatic rings. The lowest BCUT2D eigenvalue weighted by atomic mass is 9.84. The molecule has 26 heavy (non-hydrogen) atoms. The van der Waals surface area contributed by atoms with Gasteiger partial charge in [-0.2, -0.15) is 0 Å². The summed E-state index contributed by atoms with van der Waals surface area (Å²) in [6.45, 7) is 9.48. The molecule has 2 N–H and O–H groups in total. The van der Waals surface area contributed by atoms with Gasteiger partial charge >= 0.3 is 0 Å². The summed E-state index contributed by atoms with van der Waals surface area (Å²) in [4.78, 5) is 19.2. The molecule has 3 rings (SSSR count). The molecule has 0 aliphatic carbocycles. The Balaban J connectivity index is 1.42. The zero-order valence-electron chi connectivity index (χ0n) is 16.3. The molecule has 0 bridgehead atoms. The van der Waals surface area contributed by atoms with Crippen LogP contribution in [0.15, 0.2) is 18.3 Å². The maximum atomic E-state index is 12.3. The molecule has 0 aromatic carbocycles. The second-order valence-corrected chi connectivity index (χ2v) is 8.24. The van der Waals surface area contributed by atoms with Crippen LogP contribution >= 0.6 is 0 Å². The van der Waals surface area contributed by atoms with Crippen molar-refractivity contribution in [1.82, 2.24) is 15.6 Å². The van der Waals surface area contributed by atoms with Gasteiger partial charge in [0.25, 0.3) is 0 Å². The maximum absolute atomic E-state index is 12.3. The summed E-state index contributed by atoms with van der Waals surface area (Å²) >= 11 is 0. The Morgan fingerprint density at radius 2 is 2.00 bits per heavy atom. The number of anilines is 1. The van der Waals surface area contributed by atoms with E-state index in [0.29, 0.717) is 24.8 Å². The normalized spacial score (nSPS) is 20.8. The lowest BCUT2D eigenvalue weighted by Gasteiger charge is -2.31. The number of carbonyl (C=O) groups is 1. The van der Waals surface area contributed by atoms with Crippen molar-refractivity contribution in [1.29, 1.82) is 0 Å². The average Bonchev–Trinajstić information content (AvgIpc) is 2.68. The highest BCUT2D eigenvalue weighted by molar-refractivity contribution is 5.76. The number of rotatable bonds is 6. The van der Waals surface area contributed by atoms with Crippen LogP contribution in [0.2, 0.25) is 0 Å². The third kappa shape index (κ3) is 5.44. The standard InChI is InChI=1S/C21H34N4O/c1-16-7-11-25(12-8-16)20-4-3-18(14-23-20)15-24-21(26)13-17(2)19-5-9-22-10-6-19/h3-4,14,16-17,19,22H,5-13,15H2,1-2H3,(H,24,26). The minimum atomic E-state index is 0.158. The van der Waals surface area contributed by atoms with E-state index in [9.17, 15) is 4.79 Å². The number of hydrogen-bond acceptors (Lipinski definition) is 4. The summed E-state index contributed by atoms with van der Waals surface area (Å²) in [6.07, 6.45) is 7.40. The van der Waals surface area contributed by atoms with Crippen LogP contribution in [0.3, 0.4) is 0 Å². The summed E-state index contributed by atoms with van der Waals surface area (Å²) in [6, 6.07) is 4.19. The lowest BCUT2D eigenvalue weighted by molar-refractivity contribution is -0.122. The first-order valence-electron chi connectivity index (χ1n) is 10.3.